The van der Waals surface area contributed by atoms with E-state index in [1.807, 2.05) is 37.4 Å². The Bertz CT molecular complexity index is 276. The fourth-order valence-corrected chi connectivity index (χ4v) is 1.80. The van der Waals surface area contributed by atoms with Gasteiger partial charge in [-0.2, -0.15) is 0 Å². The van der Waals surface area contributed by atoms with Crippen LogP contribution in [0.3, 0.4) is 0 Å². The van der Waals surface area contributed by atoms with Crippen LogP contribution in [-0.4, -0.2) is 6.26 Å². The monoisotopic (exact) mass is 186 g/mol. The molecule has 0 saturated heterocycles. The van der Waals surface area contributed by atoms with Gasteiger partial charge in [-0.25, -0.2) is 10.2 Å². The van der Waals surface area contributed by atoms with Crippen molar-refractivity contribution >= 4 is 10.5 Å². The van der Waals surface area contributed by atoms with Crippen LogP contribution in [0.1, 0.15) is 5.56 Å². The SMILES string of the molecule is Cc1cccc(S(C)(N)ON)c1. The quantitative estimate of drug-likeness (QED) is 0.687. The Hall–Kier alpha value is -0.550. The zero-order valence-corrected chi connectivity index (χ0v) is 8.10. The van der Waals surface area contributed by atoms with Gasteiger partial charge < -0.3 is 0 Å². The Balaban J connectivity index is 3.03. The van der Waals surface area contributed by atoms with E-state index in [0.29, 0.717) is 0 Å². The summed E-state index contributed by atoms with van der Waals surface area (Å²) in [6.45, 7) is 2.01. The van der Waals surface area contributed by atoms with Crippen molar-refractivity contribution in [2.24, 2.45) is 11.0 Å². The predicted octanol–water partition coefficient (Wildman–Crippen LogP) is 1.47. The van der Waals surface area contributed by atoms with E-state index in [0.717, 1.165) is 10.5 Å². The van der Waals surface area contributed by atoms with E-state index in [1.54, 1.807) is 0 Å². The molecule has 0 aromatic heterocycles. The molecular weight excluding hydrogens is 172 g/mol. The average molecular weight is 186 g/mol. The van der Waals surface area contributed by atoms with Crippen LogP contribution in [0, 0.1) is 6.92 Å². The minimum atomic E-state index is -1.74. The highest BCUT2D eigenvalue weighted by Crippen LogP contribution is 2.44. The highest BCUT2D eigenvalue weighted by atomic mass is 32.3. The third-order valence-corrected chi connectivity index (χ3v) is 3.25. The number of nitrogens with two attached hydrogens (primary N) is 2. The van der Waals surface area contributed by atoms with E-state index in [2.05, 4.69) is 0 Å². The maximum absolute atomic E-state index is 5.84. The van der Waals surface area contributed by atoms with Gasteiger partial charge in [0.2, 0.25) is 0 Å². The molecule has 0 aliphatic carbocycles. The normalized spacial score (nSPS) is 18.3. The zero-order valence-electron chi connectivity index (χ0n) is 7.28. The Kier molecular flexibility index (Phi) is 2.74. The van der Waals surface area contributed by atoms with Gasteiger partial charge in [-0.1, -0.05) is 12.1 Å². The van der Waals surface area contributed by atoms with Crippen molar-refractivity contribution in [1.82, 2.24) is 0 Å². The number of benzene rings is 1. The lowest BCUT2D eigenvalue weighted by Crippen LogP contribution is -2.16. The van der Waals surface area contributed by atoms with Crippen LogP contribution in [0.15, 0.2) is 29.2 Å². The summed E-state index contributed by atoms with van der Waals surface area (Å²) >= 11 is 0. The summed E-state index contributed by atoms with van der Waals surface area (Å²) < 4.78 is 4.74. The largest absolute Gasteiger partial charge is 0.270 e. The molecule has 12 heavy (non-hydrogen) atoms. The lowest BCUT2D eigenvalue weighted by atomic mass is 10.2. The molecule has 1 atom stereocenters. The van der Waals surface area contributed by atoms with Crippen LogP contribution in [0.4, 0.5) is 0 Å². The van der Waals surface area contributed by atoms with Gasteiger partial charge >= 0.3 is 0 Å². The Morgan fingerprint density at radius 1 is 1.42 bits per heavy atom. The van der Waals surface area contributed by atoms with Crippen molar-refractivity contribution in [1.29, 1.82) is 0 Å². The van der Waals surface area contributed by atoms with Gasteiger partial charge in [-0.3, -0.25) is 5.14 Å². The average Bonchev–Trinajstić information content (AvgIpc) is 2.05. The summed E-state index contributed by atoms with van der Waals surface area (Å²) in [5.74, 6) is 5.10. The van der Waals surface area contributed by atoms with Gasteiger partial charge in [-0.05, 0) is 35.1 Å². The van der Waals surface area contributed by atoms with Gasteiger partial charge in [0.05, 0.1) is 0 Å². The maximum atomic E-state index is 5.84. The highest BCUT2D eigenvalue weighted by molar-refractivity contribution is 8.27. The molecule has 0 fully saturated rings. The van der Waals surface area contributed by atoms with Crippen molar-refractivity contribution in [2.75, 3.05) is 6.26 Å². The van der Waals surface area contributed by atoms with Crippen molar-refractivity contribution in [2.45, 2.75) is 11.8 Å². The van der Waals surface area contributed by atoms with Gasteiger partial charge in [0.15, 0.2) is 0 Å². The summed E-state index contributed by atoms with van der Waals surface area (Å²) in [4.78, 5) is 0.963. The summed E-state index contributed by atoms with van der Waals surface area (Å²) in [5.41, 5.74) is 1.16. The van der Waals surface area contributed by atoms with E-state index in [-0.39, 0.29) is 0 Å². The van der Waals surface area contributed by atoms with E-state index < -0.39 is 10.5 Å². The first-order valence-electron chi connectivity index (χ1n) is 3.57. The molecule has 0 spiro atoms. The Morgan fingerprint density at radius 2 is 2.08 bits per heavy atom. The molecule has 1 rings (SSSR count). The fraction of sp³-hybridized carbons (Fsp3) is 0.250. The third-order valence-electron chi connectivity index (χ3n) is 1.66. The molecule has 3 nitrogen and oxygen atoms in total. The lowest BCUT2D eigenvalue weighted by molar-refractivity contribution is 0.379. The van der Waals surface area contributed by atoms with E-state index in [4.69, 9.17) is 15.3 Å². The molecule has 1 aromatic carbocycles. The zero-order chi connectivity index (χ0) is 9.19. The molecule has 4 N–H and O–H groups in total. The number of aryl methyl sites for hydroxylation is 1. The molecule has 1 aromatic rings. The van der Waals surface area contributed by atoms with Crippen LogP contribution in [0.5, 0.6) is 0 Å². The molecule has 4 heteroatoms. The van der Waals surface area contributed by atoms with Gasteiger partial charge in [0.1, 0.15) is 0 Å². The van der Waals surface area contributed by atoms with Crippen molar-refractivity contribution in [3.63, 3.8) is 0 Å². The molecule has 0 aliphatic heterocycles. The molecule has 0 aliphatic rings. The smallest absolute Gasteiger partial charge is 0.0277 e. The lowest BCUT2D eigenvalue weighted by Gasteiger charge is -2.27. The Morgan fingerprint density at radius 3 is 2.58 bits per heavy atom. The molecule has 0 heterocycles. The molecular formula is C8H14N2OS. The topological polar surface area (TPSA) is 61.3 Å². The van der Waals surface area contributed by atoms with E-state index >= 15 is 0 Å². The molecule has 0 bridgehead atoms. The van der Waals surface area contributed by atoms with Gasteiger partial charge in [0.25, 0.3) is 0 Å². The first-order valence-corrected chi connectivity index (χ1v) is 5.60. The first kappa shape index (κ1) is 9.54. The Labute approximate surface area is 74.3 Å². The van der Waals surface area contributed by atoms with Crippen LogP contribution in [-0.2, 0) is 4.28 Å². The van der Waals surface area contributed by atoms with Crippen molar-refractivity contribution < 1.29 is 4.28 Å². The van der Waals surface area contributed by atoms with Gasteiger partial charge in [0, 0.05) is 11.2 Å². The van der Waals surface area contributed by atoms with E-state index in [9.17, 15) is 0 Å². The van der Waals surface area contributed by atoms with Crippen LogP contribution < -0.4 is 11.0 Å². The maximum Gasteiger partial charge on any atom is 0.0277 e. The highest BCUT2D eigenvalue weighted by Gasteiger charge is 2.14. The third kappa shape index (κ3) is 1.98. The second kappa shape index (κ2) is 3.45. The van der Waals surface area contributed by atoms with Crippen LogP contribution >= 0.6 is 10.5 Å². The standard InChI is InChI=1S/C8H14N2OS/c1-7-4-3-5-8(6-7)12(2,10)11-9/h3-6H,9-10H2,1-2H3. The van der Waals surface area contributed by atoms with Crippen molar-refractivity contribution in [3.8, 4) is 0 Å². The van der Waals surface area contributed by atoms with E-state index in [1.165, 1.54) is 0 Å². The van der Waals surface area contributed by atoms with Crippen LogP contribution in [0.2, 0.25) is 0 Å². The molecule has 1 unspecified atom stereocenters. The number of hydrogen-bond donors (Lipinski definition) is 2. The minimum absolute atomic E-state index is 0.963. The van der Waals surface area contributed by atoms with Crippen LogP contribution in [0.25, 0.3) is 0 Å². The first-order chi connectivity index (χ1) is 5.56. The second-order valence-corrected chi connectivity index (χ2v) is 5.29. The number of hydrogen-bond acceptors (Lipinski definition) is 3. The molecule has 0 saturated carbocycles. The predicted molar refractivity (Wildman–Crippen MR) is 52.4 cm³/mol. The summed E-state index contributed by atoms with van der Waals surface area (Å²) in [7, 11) is -1.74. The summed E-state index contributed by atoms with van der Waals surface area (Å²) in [6, 6.07) is 7.87. The molecule has 68 valence electrons. The van der Waals surface area contributed by atoms with Crippen molar-refractivity contribution in [3.05, 3.63) is 29.8 Å². The molecule has 0 radical (unpaired) electrons. The number of rotatable bonds is 2. The molecule has 0 amide bonds. The summed E-state index contributed by atoms with van der Waals surface area (Å²) in [6.07, 6.45) is 1.81. The van der Waals surface area contributed by atoms with Gasteiger partial charge in [-0.15, -0.1) is 0 Å². The summed E-state index contributed by atoms with van der Waals surface area (Å²) in [5, 5.41) is 5.84. The second-order valence-electron chi connectivity index (χ2n) is 2.82. The minimum Gasteiger partial charge on any atom is -0.270 e. The fourth-order valence-electron chi connectivity index (χ4n) is 0.923.